The topological polar surface area (TPSA) is 68.3 Å². The normalized spacial score (nSPS) is 11.3. The van der Waals surface area contributed by atoms with Gasteiger partial charge in [-0.05, 0) is 44.2 Å². The van der Waals surface area contributed by atoms with Gasteiger partial charge in [0.15, 0.2) is 5.13 Å². The number of thiophene rings is 1. The molecule has 0 saturated heterocycles. The summed E-state index contributed by atoms with van der Waals surface area (Å²) in [4.78, 5) is 29.6. The number of esters is 1. The molecule has 0 aliphatic rings. The summed E-state index contributed by atoms with van der Waals surface area (Å²) in [6.45, 7) is 3.59. The summed E-state index contributed by atoms with van der Waals surface area (Å²) in [5, 5.41) is 4.97. The zero-order valence-corrected chi connectivity index (χ0v) is 18.4. The molecule has 148 valence electrons. The van der Waals surface area contributed by atoms with E-state index in [2.05, 4.69) is 10.3 Å². The van der Waals surface area contributed by atoms with Crippen LogP contribution in [0, 0.1) is 0 Å². The van der Waals surface area contributed by atoms with E-state index in [9.17, 15) is 9.59 Å². The zero-order valence-electron chi connectivity index (χ0n) is 15.3. The van der Waals surface area contributed by atoms with E-state index in [0.717, 1.165) is 14.8 Å². The van der Waals surface area contributed by atoms with Crippen molar-refractivity contribution in [2.75, 3.05) is 5.32 Å². The van der Waals surface area contributed by atoms with Gasteiger partial charge in [-0.1, -0.05) is 40.6 Å². The highest BCUT2D eigenvalue weighted by molar-refractivity contribution is 7.23. The Bertz CT molecular complexity index is 1260. The molecule has 2 heterocycles. The second kappa shape index (κ2) is 7.91. The highest BCUT2D eigenvalue weighted by Gasteiger charge is 2.19. The van der Waals surface area contributed by atoms with E-state index >= 15 is 0 Å². The van der Waals surface area contributed by atoms with Crippen LogP contribution in [0.1, 0.15) is 33.9 Å². The minimum Gasteiger partial charge on any atom is -0.459 e. The monoisotopic (exact) mass is 464 g/mol. The van der Waals surface area contributed by atoms with Crippen LogP contribution in [0.25, 0.3) is 20.3 Å². The summed E-state index contributed by atoms with van der Waals surface area (Å²) >= 11 is 15.0. The average Bonchev–Trinajstić information content (AvgIpc) is 3.20. The van der Waals surface area contributed by atoms with Crippen molar-refractivity contribution in [2.45, 2.75) is 20.0 Å². The van der Waals surface area contributed by atoms with Crippen LogP contribution in [0.2, 0.25) is 10.0 Å². The number of hydrogen-bond acceptors (Lipinski definition) is 6. The number of anilines is 1. The summed E-state index contributed by atoms with van der Waals surface area (Å²) < 4.78 is 6.83. The average molecular weight is 465 g/mol. The molecule has 1 amide bonds. The predicted octanol–water partition coefficient (Wildman–Crippen LogP) is 6.64. The Hall–Kier alpha value is -2.19. The fourth-order valence-electron chi connectivity index (χ4n) is 2.73. The summed E-state index contributed by atoms with van der Waals surface area (Å²) in [5.74, 6) is -0.734. The Balaban J connectivity index is 1.60. The Morgan fingerprint density at radius 2 is 1.86 bits per heavy atom. The van der Waals surface area contributed by atoms with E-state index in [1.54, 1.807) is 50.2 Å². The van der Waals surface area contributed by atoms with Gasteiger partial charge in [-0.2, -0.15) is 0 Å². The lowest BCUT2D eigenvalue weighted by Gasteiger charge is -2.07. The summed E-state index contributed by atoms with van der Waals surface area (Å²) in [6.07, 6.45) is -0.199. The quantitative estimate of drug-likeness (QED) is 0.343. The van der Waals surface area contributed by atoms with Gasteiger partial charge in [-0.25, -0.2) is 9.78 Å². The summed E-state index contributed by atoms with van der Waals surface area (Å²) in [5.41, 5.74) is 1.12. The van der Waals surface area contributed by atoms with Gasteiger partial charge < -0.3 is 4.74 Å². The second-order valence-corrected chi connectivity index (χ2v) is 9.39. The number of amides is 1. The molecule has 0 fully saturated rings. The molecule has 29 heavy (non-hydrogen) atoms. The van der Waals surface area contributed by atoms with E-state index in [4.69, 9.17) is 27.9 Å². The number of thiazole rings is 1. The number of fused-ring (bicyclic) bond motifs is 2. The molecule has 0 saturated carbocycles. The number of rotatable bonds is 4. The molecule has 0 bridgehead atoms. The number of aromatic nitrogens is 1. The van der Waals surface area contributed by atoms with Crippen molar-refractivity contribution >= 4 is 83.2 Å². The Kier molecular flexibility index (Phi) is 5.48. The molecule has 0 radical (unpaired) electrons. The number of hydrogen-bond donors (Lipinski definition) is 1. The van der Waals surface area contributed by atoms with E-state index in [0.29, 0.717) is 31.1 Å². The molecule has 9 heteroatoms. The summed E-state index contributed by atoms with van der Waals surface area (Å²) in [6, 6.07) is 10.4. The number of carbonyl (C=O) groups is 2. The summed E-state index contributed by atoms with van der Waals surface area (Å²) in [7, 11) is 0. The van der Waals surface area contributed by atoms with Crippen molar-refractivity contribution in [3.05, 3.63) is 56.9 Å². The van der Waals surface area contributed by atoms with Crippen LogP contribution in [0.3, 0.4) is 0 Å². The first-order valence-electron chi connectivity index (χ1n) is 8.62. The molecule has 2 aromatic heterocycles. The van der Waals surface area contributed by atoms with Crippen LogP contribution < -0.4 is 5.32 Å². The highest BCUT2D eigenvalue weighted by atomic mass is 35.5. The van der Waals surface area contributed by atoms with Crippen molar-refractivity contribution in [1.82, 2.24) is 4.98 Å². The molecular weight excluding hydrogens is 451 g/mol. The lowest BCUT2D eigenvalue weighted by atomic mass is 10.2. The van der Waals surface area contributed by atoms with E-state index in [1.807, 2.05) is 0 Å². The maximum Gasteiger partial charge on any atom is 0.338 e. The first-order valence-corrected chi connectivity index (χ1v) is 11.0. The van der Waals surface area contributed by atoms with Crippen LogP contribution >= 0.6 is 45.9 Å². The van der Waals surface area contributed by atoms with Gasteiger partial charge in [0.2, 0.25) is 0 Å². The van der Waals surface area contributed by atoms with Crippen LogP contribution in [0.4, 0.5) is 5.13 Å². The maximum atomic E-state index is 12.7. The number of halogens is 2. The minimum absolute atomic E-state index is 0.199. The van der Waals surface area contributed by atoms with Gasteiger partial charge in [0.05, 0.1) is 26.9 Å². The van der Waals surface area contributed by atoms with Crippen molar-refractivity contribution in [3.63, 3.8) is 0 Å². The van der Waals surface area contributed by atoms with E-state index < -0.39 is 5.97 Å². The molecule has 4 aromatic rings. The van der Waals surface area contributed by atoms with Crippen LogP contribution in [-0.4, -0.2) is 23.0 Å². The van der Waals surface area contributed by atoms with Gasteiger partial charge in [0.1, 0.15) is 4.88 Å². The fourth-order valence-corrected chi connectivity index (χ4v) is 5.31. The predicted molar refractivity (Wildman–Crippen MR) is 120 cm³/mol. The Labute approximate surface area is 184 Å². The number of ether oxygens (including phenoxy) is 1. The van der Waals surface area contributed by atoms with Crippen molar-refractivity contribution < 1.29 is 14.3 Å². The van der Waals surface area contributed by atoms with Gasteiger partial charge in [0.25, 0.3) is 5.91 Å². The van der Waals surface area contributed by atoms with E-state index in [-0.39, 0.29) is 12.0 Å². The molecule has 0 spiro atoms. The molecule has 0 unspecified atom stereocenters. The van der Waals surface area contributed by atoms with Crippen molar-refractivity contribution in [2.24, 2.45) is 0 Å². The van der Waals surface area contributed by atoms with Gasteiger partial charge in [-0.15, -0.1) is 11.3 Å². The SMILES string of the molecule is CC(C)OC(=O)c1ccc2nc(NC(=O)c3sc4cc(Cl)ccc4c3Cl)sc2c1. The molecular formula is C20H14Cl2N2O3S2. The van der Waals surface area contributed by atoms with Gasteiger partial charge in [0, 0.05) is 15.1 Å². The van der Waals surface area contributed by atoms with Gasteiger partial charge >= 0.3 is 5.97 Å². The second-order valence-electron chi connectivity index (χ2n) is 6.50. The third-order valence-electron chi connectivity index (χ3n) is 3.99. The number of nitrogens with one attached hydrogen (secondary N) is 1. The van der Waals surface area contributed by atoms with Crippen LogP contribution in [-0.2, 0) is 4.74 Å². The molecule has 2 aromatic carbocycles. The number of nitrogens with zero attached hydrogens (tertiary/aromatic N) is 1. The lowest BCUT2D eigenvalue weighted by molar-refractivity contribution is 0.0378. The zero-order chi connectivity index (χ0) is 20.7. The van der Waals surface area contributed by atoms with Crippen LogP contribution in [0.15, 0.2) is 36.4 Å². The Morgan fingerprint density at radius 1 is 1.07 bits per heavy atom. The maximum absolute atomic E-state index is 12.7. The lowest BCUT2D eigenvalue weighted by Crippen LogP contribution is -2.11. The molecule has 5 nitrogen and oxygen atoms in total. The largest absolute Gasteiger partial charge is 0.459 e. The third kappa shape index (κ3) is 4.09. The molecule has 4 rings (SSSR count). The number of benzene rings is 2. The smallest absolute Gasteiger partial charge is 0.338 e. The minimum atomic E-state index is -0.392. The third-order valence-corrected chi connectivity index (χ3v) is 6.81. The van der Waals surface area contributed by atoms with Crippen molar-refractivity contribution in [1.29, 1.82) is 0 Å². The van der Waals surface area contributed by atoms with Crippen molar-refractivity contribution in [3.8, 4) is 0 Å². The van der Waals surface area contributed by atoms with Gasteiger partial charge in [-0.3, -0.25) is 10.1 Å². The molecule has 0 aliphatic heterocycles. The standard InChI is InChI=1S/C20H14Cl2N2O3S2/c1-9(2)27-19(26)10-3-6-13-15(7-10)29-20(23-13)24-18(25)17-16(22)12-5-4-11(21)8-14(12)28-17/h3-9H,1-2H3,(H,23,24,25). The molecule has 0 aliphatic carbocycles. The first kappa shape index (κ1) is 20.1. The molecule has 1 N–H and O–H groups in total. The fraction of sp³-hybridized carbons (Fsp3) is 0.150. The number of carbonyl (C=O) groups excluding carboxylic acids is 2. The Morgan fingerprint density at radius 3 is 2.62 bits per heavy atom. The van der Waals surface area contributed by atoms with Crippen LogP contribution in [0.5, 0.6) is 0 Å². The first-order chi connectivity index (χ1) is 13.8. The van der Waals surface area contributed by atoms with E-state index in [1.165, 1.54) is 22.7 Å². The highest BCUT2D eigenvalue weighted by Crippen LogP contribution is 2.37. The molecule has 0 atom stereocenters.